The second kappa shape index (κ2) is 5.72. The van der Waals surface area contributed by atoms with Gasteiger partial charge in [-0.3, -0.25) is 0 Å². The van der Waals surface area contributed by atoms with E-state index in [9.17, 15) is 0 Å². The molecule has 1 atom stereocenters. The summed E-state index contributed by atoms with van der Waals surface area (Å²) in [6, 6.07) is 0.757. The first-order valence-electron chi connectivity index (χ1n) is 6.02. The normalized spacial score (nSPS) is 24.6. The third-order valence-electron chi connectivity index (χ3n) is 2.88. The molecule has 1 heterocycles. The molecule has 0 aliphatic carbocycles. The second-order valence-corrected chi connectivity index (χ2v) is 5.64. The summed E-state index contributed by atoms with van der Waals surface area (Å²) in [5.74, 6) is 0. The van der Waals surface area contributed by atoms with Gasteiger partial charge in [0.05, 0.1) is 0 Å². The number of hydrogen-bond acceptors (Lipinski definition) is 2. The van der Waals surface area contributed by atoms with Gasteiger partial charge in [-0.2, -0.15) is 0 Å². The van der Waals surface area contributed by atoms with Crippen LogP contribution in [0.15, 0.2) is 0 Å². The molecular formula is C12H26N2. The van der Waals surface area contributed by atoms with Gasteiger partial charge in [-0.05, 0) is 50.7 Å². The average molecular weight is 198 g/mol. The lowest BCUT2D eigenvalue weighted by Gasteiger charge is -2.21. The Labute approximate surface area is 88.8 Å². The molecule has 14 heavy (non-hydrogen) atoms. The maximum absolute atomic E-state index is 3.68. The second-order valence-electron chi connectivity index (χ2n) is 5.64. The largest absolute Gasteiger partial charge is 0.317 e. The topological polar surface area (TPSA) is 24.1 Å². The number of nitrogens with one attached hydrogen (secondary N) is 2. The molecule has 1 rings (SSSR count). The van der Waals surface area contributed by atoms with Gasteiger partial charge in [0.25, 0.3) is 0 Å². The van der Waals surface area contributed by atoms with Crippen molar-refractivity contribution in [2.45, 2.75) is 52.5 Å². The van der Waals surface area contributed by atoms with Crippen LogP contribution in [0.4, 0.5) is 0 Å². The van der Waals surface area contributed by atoms with Crippen LogP contribution in [0.1, 0.15) is 46.5 Å². The molecule has 2 nitrogen and oxygen atoms in total. The van der Waals surface area contributed by atoms with E-state index in [1.54, 1.807) is 0 Å². The molecule has 0 spiro atoms. The summed E-state index contributed by atoms with van der Waals surface area (Å²) in [6.45, 7) is 10.5. The number of hydrogen-bond donors (Lipinski definition) is 2. The summed E-state index contributed by atoms with van der Waals surface area (Å²) in [7, 11) is 0. The summed E-state index contributed by atoms with van der Waals surface area (Å²) in [4.78, 5) is 0. The van der Waals surface area contributed by atoms with Gasteiger partial charge in [-0.1, -0.05) is 20.8 Å². The SMILES string of the molecule is CC(C)(C)CCNC1CCCNCC1. The highest BCUT2D eigenvalue weighted by molar-refractivity contribution is 4.73. The standard InChI is InChI=1S/C12H26N2/c1-12(2,3)7-10-14-11-5-4-8-13-9-6-11/h11,13-14H,4-10H2,1-3H3. The highest BCUT2D eigenvalue weighted by Gasteiger charge is 2.13. The van der Waals surface area contributed by atoms with Crippen LogP contribution in [0.3, 0.4) is 0 Å². The van der Waals surface area contributed by atoms with Crippen molar-refractivity contribution in [2.24, 2.45) is 5.41 Å². The van der Waals surface area contributed by atoms with E-state index in [-0.39, 0.29) is 0 Å². The van der Waals surface area contributed by atoms with Crippen LogP contribution >= 0.6 is 0 Å². The summed E-state index contributed by atoms with van der Waals surface area (Å²) in [6.07, 6.45) is 5.24. The van der Waals surface area contributed by atoms with Crippen molar-refractivity contribution in [3.63, 3.8) is 0 Å². The lowest BCUT2D eigenvalue weighted by molar-refractivity contribution is 0.347. The first-order chi connectivity index (χ1) is 6.58. The maximum atomic E-state index is 3.68. The molecule has 2 heteroatoms. The summed E-state index contributed by atoms with van der Waals surface area (Å²) in [5.41, 5.74) is 0.468. The van der Waals surface area contributed by atoms with Crippen LogP contribution in [0.2, 0.25) is 0 Å². The minimum atomic E-state index is 0.468. The van der Waals surface area contributed by atoms with E-state index in [0.29, 0.717) is 5.41 Å². The van der Waals surface area contributed by atoms with Crippen molar-refractivity contribution in [1.29, 1.82) is 0 Å². The van der Waals surface area contributed by atoms with Crippen molar-refractivity contribution in [2.75, 3.05) is 19.6 Å². The summed E-state index contributed by atoms with van der Waals surface area (Å²) in [5, 5.41) is 7.12. The fourth-order valence-electron chi connectivity index (χ4n) is 1.87. The highest BCUT2D eigenvalue weighted by atomic mass is 14.9. The fraction of sp³-hybridized carbons (Fsp3) is 1.00. The minimum absolute atomic E-state index is 0.468. The van der Waals surface area contributed by atoms with Crippen molar-refractivity contribution in [3.8, 4) is 0 Å². The van der Waals surface area contributed by atoms with E-state index >= 15 is 0 Å². The number of rotatable bonds is 3. The third kappa shape index (κ3) is 5.61. The Balaban J connectivity index is 2.10. The Morgan fingerprint density at radius 3 is 2.71 bits per heavy atom. The van der Waals surface area contributed by atoms with Gasteiger partial charge >= 0.3 is 0 Å². The zero-order valence-electron chi connectivity index (χ0n) is 10.0. The Kier molecular flexibility index (Phi) is 4.90. The zero-order valence-corrected chi connectivity index (χ0v) is 10.0. The van der Waals surface area contributed by atoms with E-state index in [2.05, 4.69) is 31.4 Å². The molecule has 0 saturated carbocycles. The van der Waals surface area contributed by atoms with Gasteiger partial charge in [0.2, 0.25) is 0 Å². The molecule has 0 bridgehead atoms. The Morgan fingerprint density at radius 2 is 2.00 bits per heavy atom. The molecule has 0 aromatic carbocycles. The smallest absolute Gasteiger partial charge is 0.00796 e. The van der Waals surface area contributed by atoms with Crippen molar-refractivity contribution >= 4 is 0 Å². The molecule has 84 valence electrons. The lowest BCUT2D eigenvalue weighted by atomic mass is 9.92. The molecule has 2 N–H and O–H groups in total. The van der Waals surface area contributed by atoms with Crippen LogP contribution in [0.25, 0.3) is 0 Å². The molecule has 0 radical (unpaired) electrons. The molecule has 1 unspecified atom stereocenters. The molecular weight excluding hydrogens is 172 g/mol. The van der Waals surface area contributed by atoms with Crippen molar-refractivity contribution in [1.82, 2.24) is 10.6 Å². The van der Waals surface area contributed by atoms with Gasteiger partial charge in [0.1, 0.15) is 0 Å². The summed E-state index contributed by atoms with van der Waals surface area (Å²) < 4.78 is 0. The summed E-state index contributed by atoms with van der Waals surface area (Å²) >= 11 is 0. The average Bonchev–Trinajstić information content (AvgIpc) is 2.30. The Morgan fingerprint density at radius 1 is 1.21 bits per heavy atom. The highest BCUT2D eigenvalue weighted by Crippen LogP contribution is 2.17. The van der Waals surface area contributed by atoms with Gasteiger partial charge in [-0.25, -0.2) is 0 Å². The zero-order chi connectivity index (χ0) is 10.4. The van der Waals surface area contributed by atoms with Crippen LogP contribution in [0.5, 0.6) is 0 Å². The van der Waals surface area contributed by atoms with Gasteiger partial charge in [0, 0.05) is 6.04 Å². The molecule has 1 fully saturated rings. The van der Waals surface area contributed by atoms with Gasteiger partial charge in [0.15, 0.2) is 0 Å². The van der Waals surface area contributed by atoms with E-state index in [0.717, 1.165) is 6.04 Å². The molecule has 1 aliphatic rings. The van der Waals surface area contributed by atoms with Crippen LogP contribution < -0.4 is 10.6 Å². The van der Waals surface area contributed by atoms with Crippen LogP contribution in [-0.4, -0.2) is 25.7 Å². The predicted octanol–water partition coefficient (Wildman–Crippen LogP) is 2.15. The van der Waals surface area contributed by atoms with Crippen LogP contribution in [0, 0.1) is 5.41 Å². The van der Waals surface area contributed by atoms with Gasteiger partial charge in [-0.15, -0.1) is 0 Å². The molecule has 0 aromatic rings. The van der Waals surface area contributed by atoms with E-state index < -0.39 is 0 Å². The first kappa shape index (κ1) is 12.0. The molecule has 1 aliphatic heterocycles. The predicted molar refractivity (Wildman–Crippen MR) is 62.6 cm³/mol. The first-order valence-corrected chi connectivity index (χ1v) is 6.02. The molecule has 0 aromatic heterocycles. The van der Waals surface area contributed by atoms with E-state index in [1.165, 1.54) is 45.3 Å². The minimum Gasteiger partial charge on any atom is -0.317 e. The molecule has 1 saturated heterocycles. The fourth-order valence-corrected chi connectivity index (χ4v) is 1.87. The van der Waals surface area contributed by atoms with Crippen molar-refractivity contribution < 1.29 is 0 Å². The monoisotopic (exact) mass is 198 g/mol. The van der Waals surface area contributed by atoms with E-state index in [1.807, 2.05) is 0 Å². The Hall–Kier alpha value is -0.0800. The maximum Gasteiger partial charge on any atom is 0.00796 e. The quantitative estimate of drug-likeness (QED) is 0.726. The lowest BCUT2D eigenvalue weighted by Crippen LogP contribution is -2.32. The third-order valence-corrected chi connectivity index (χ3v) is 2.88. The molecule has 0 amide bonds. The Bertz CT molecular complexity index is 141. The van der Waals surface area contributed by atoms with E-state index in [4.69, 9.17) is 0 Å². The van der Waals surface area contributed by atoms with Gasteiger partial charge < -0.3 is 10.6 Å². The van der Waals surface area contributed by atoms with Crippen LogP contribution in [-0.2, 0) is 0 Å². The van der Waals surface area contributed by atoms with Crippen molar-refractivity contribution in [3.05, 3.63) is 0 Å².